The molecule has 0 unspecified atom stereocenters. The Kier molecular flexibility index (Phi) is 4.66. The zero-order chi connectivity index (χ0) is 15.5. The molecular formula is C15H12BrN3OS2. The van der Waals surface area contributed by atoms with Crippen LogP contribution in [0.5, 0.6) is 0 Å². The highest BCUT2D eigenvalue weighted by Crippen LogP contribution is 2.29. The highest BCUT2D eigenvalue weighted by molar-refractivity contribution is 9.10. The van der Waals surface area contributed by atoms with Gasteiger partial charge in [0, 0.05) is 16.0 Å². The summed E-state index contributed by atoms with van der Waals surface area (Å²) in [5, 5.41) is 6.39. The van der Waals surface area contributed by atoms with Gasteiger partial charge in [0.2, 0.25) is 5.91 Å². The number of nitrogens with zero attached hydrogens (tertiary/aromatic N) is 2. The molecule has 0 saturated carbocycles. The number of amides is 1. The quantitative estimate of drug-likeness (QED) is 0.708. The fourth-order valence-electron chi connectivity index (χ4n) is 1.88. The summed E-state index contributed by atoms with van der Waals surface area (Å²) in [6, 6.07) is 7.71. The van der Waals surface area contributed by atoms with E-state index in [1.54, 1.807) is 11.3 Å². The van der Waals surface area contributed by atoms with Crippen LogP contribution in [0.1, 0.15) is 10.6 Å². The molecule has 0 fully saturated rings. The molecule has 112 valence electrons. The van der Waals surface area contributed by atoms with Crippen molar-refractivity contribution >= 4 is 49.6 Å². The molecule has 0 spiro atoms. The third-order valence-corrected chi connectivity index (χ3v) is 5.12. The number of aryl methyl sites for hydroxylation is 1. The van der Waals surface area contributed by atoms with Crippen molar-refractivity contribution in [2.24, 2.45) is 0 Å². The molecule has 2 aromatic heterocycles. The molecule has 0 aliphatic rings. The number of nitrogens with one attached hydrogen (secondary N) is 1. The van der Waals surface area contributed by atoms with Crippen molar-refractivity contribution in [2.75, 3.05) is 5.32 Å². The molecule has 1 aromatic carbocycles. The highest BCUT2D eigenvalue weighted by Gasteiger charge is 2.10. The topological polar surface area (TPSA) is 54.9 Å². The number of rotatable bonds is 4. The number of aromatic nitrogens is 2. The van der Waals surface area contributed by atoms with Crippen LogP contribution in [-0.4, -0.2) is 15.9 Å². The third-order valence-electron chi connectivity index (χ3n) is 2.90. The van der Waals surface area contributed by atoms with Gasteiger partial charge in [0.25, 0.3) is 0 Å². The van der Waals surface area contributed by atoms with E-state index in [1.807, 2.05) is 42.8 Å². The lowest BCUT2D eigenvalue weighted by atomic mass is 10.1. The van der Waals surface area contributed by atoms with Crippen molar-refractivity contribution in [1.29, 1.82) is 0 Å². The summed E-state index contributed by atoms with van der Waals surface area (Å²) in [6.45, 7) is 1.96. The van der Waals surface area contributed by atoms with Gasteiger partial charge in [-0.1, -0.05) is 28.1 Å². The van der Waals surface area contributed by atoms with Gasteiger partial charge in [0.1, 0.15) is 0 Å². The van der Waals surface area contributed by atoms with E-state index in [1.165, 1.54) is 11.3 Å². The second kappa shape index (κ2) is 6.68. The lowest BCUT2D eigenvalue weighted by Crippen LogP contribution is -2.14. The Morgan fingerprint density at radius 3 is 2.77 bits per heavy atom. The van der Waals surface area contributed by atoms with Gasteiger partial charge in [0.05, 0.1) is 22.0 Å². The van der Waals surface area contributed by atoms with Gasteiger partial charge in [-0.25, -0.2) is 9.97 Å². The first-order valence-corrected chi connectivity index (χ1v) is 9.02. The second-order valence-electron chi connectivity index (χ2n) is 4.63. The molecule has 7 heteroatoms. The SMILES string of the molecule is Cc1ncc(-c2csc(NC(=O)Cc3ccc(Br)cc3)n2)s1. The average Bonchev–Trinajstić information content (AvgIpc) is 3.10. The maximum atomic E-state index is 12.1. The summed E-state index contributed by atoms with van der Waals surface area (Å²) >= 11 is 6.40. The van der Waals surface area contributed by atoms with Gasteiger partial charge < -0.3 is 5.32 Å². The molecule has 0 atom stereocenters. The minimum atomic E-state index is -0.0660. The Morgan fingerprint density at radius 1 is 1.32 bits per heavy atom. The van der Waals surface area contributed by atoms with Crippen LogP contribution in [0.4, 0.5) is 5.13 Å². The predicted molar refractivity (Wildman–Crippen MR) is 94.4 cm³/mol. The number of halogens is 1. The molecule has 0 bridgehead atoms. The Balaban J connectivity index is 1.64. The van der Waals surface area contributed by atoms with Crippen LogP contribution in [0.15, 0.2) is 40.3 Å². The van der Waals surface area contributed by atoms with E-state index < -0.39 is 0 Å². The molecule has 4 nitrogen and oxygen atoms in total. The van der Waals surface area contributed by atoms with Crippen molar-refractivity contribution < 1.29 is 4.79 Å². The smallest absolute Gasteiger partial charge is 0.230 e. The van der Waals surface area contributed by atoms with Crippen LogP contribution in [0.3, 0.4) is 0 Å². The van der Waals surface area contributed by atoms with E-state index >= 15 is 0 Å². The zero-order valence-corrected chi connectivity index (χ0v) is 14.9. The van der Waals surface area contributed by atoms with Crippen molar-refractivity contribution in [1.82, 2.24) is 9.97 Å². The molecule has 2 heterocycles. The van der Waals surface area contributed by atoms with E-state index in [9.17, 15) is 4.79 Å². The molecule has 0 aliphatic heterocycles. The normalized spacial score (nSPS) is 10.6. The van der Waals surface area contributed by atoms with Crippen LogP contribution in [0, 0.1) is 6.92 Å². The first-order chi connectivity index (χ1) is 10.6. The van der Waals surface area contributed by atoms with Crippen LogP contribution >= 0.6 is 38.6 Å². The van der Waals surface area contributed by atoms with Crippen LogP contribution in [-0.2, 0) is 11.2 Å². The Morgan fingerprint density at radius 2 is 2.09 bits per heavy atom. The Bertz CT molecular complexity index is 795. The summed E-state index contributed by atoms with van der Waals surface area (Å²) in [4.78, 5) is 21.7. The number of hydrogen-bond donors (Lipinski definition) is 1. The van der Waals surface area contributed by atoms with E-state index in [0.717, 1.165) is 25.6 Å². The van der Waals surface area contributed by atoms with Crippen LogP contribution in [0.25, 0.3) is 10.6 Å². The van der Waals surface area contributed by atoms with E-state index in [2.05, 4.69) is 31.2 Å². The van der Waals surface area contributed by atoms with Crippen molar-refractivity contribution in [3.63, 3.8) is 0 Å². The fraction of sp³-hybridized carbons (Fsp3) is 0.133. The Hall–Kier alpha value is -1.57. The number of benzene rings is 1. The largest absolute Gasteiger partial charge is 0.302 e. The van der Waals surface area contributed by atoms with E-state index in [4.69, 9.17) is 0 Å². The van der Waals surface area contributed by atoms with E-state index in [-0.39, 0.29) is 5.91 Å². The standard InChI is InChI=1S/C15H12BrN3OS2/c1-9-17-7-13(22-9)12-8-21-15(18-12)19-14(20)6-10-2-4-11(16)5-3-10/h2-5,7-8H,6H2,1H3,(H,18,19,20). The molecular weight excluding hydrogens is 382 g/mol. The molecule has 0 saturated heterocycles. The molecule has 1 N–H and O–H groups in total. The lowest BCUT2D eigenvalue weighted by Gasteiger charge is -2.02. The second-order valence-corrected chi connectivity index (χ2v) is 7.64. The van der Waals surface area contributed by atoms with Crippen LogP contribution < -0.4 is 5.32 Å². The average molecular weight is 394 g/mol. The van der Waals surface area contributed by atoms with Gasteiger partial charge >= 0.3 is 0 Å². The van der Waals surface area contributed by atoms with E-state index in [0.29, 0.717) is 11.6 Å². The molecule has 3 aromatic rings. The monoisotopic (exact) mass is 393 g/mol. The third kappa shape index (κ3) is 3.79. The van der Waals surface area contributed by atoms with Gasteiger partial charge in [-0.3, -0.25) is 4.79 Å². The maximum absolute atomic E-state index is 12.1. The summed E-state index contributed by atoms with van der Waals surface area (Å²) < 4.78 is 1.00. The van der Waals surface area contributed by atoms with Gasteiger partial charge in [-0.2, -0.15) is 0 Å². The number of anilines is 1. The first kappa shape index (κ1) is 15.3. The van der Waals surface area contributed by atoms with Gasteiger partial charge in [-0.15, -0.1) is 22.7 Å². The number of thiazole rings is 2. The van der Waals surface area contributed by atoms with Crippen LogP contribution in [0.2, 0.25) is 0 Å². The minimum absolute atomic E-state index is 0.0660. The fourth-order valence-corrected chi connectivity index (χ4v) is 3.68. The van der Waals surface area contributed by atoms with Crippen molar-refractivity contribution in [3.8, 4) is 10.6 Å². The predicted octanol–water partition coefficient (Wildman–Crippen LogP) is 4.52. The van der Waals surface area contributed by atoms with Crippen molar-refractivity contribution in [2.45, 2.75) is 13.3 Å². The lowest BCUT2D eigenvalue weighted by molar-refractivity contribution is -0.115. The molecule has 0 radical (unpaired) electrons. The Labute approximate surface area is 144 Å². The highest BCUT2D eigenvalue weighted by atomic mass is 79.9. The first-order valence-electron chi connectivity index (χ1n) is 6.53. The van der Waals surface area contributed by atoms with Crippen molar-refractivity contribution in [3.05, 3.63) is 50.9 Å². The summed E-state index contributed by atoms with van der Waals surface area (Å²) in [5.74, 6) is -0.0660. The summed E-state index contributed by atoms with van der Waals surface area (Å²) in [7, 11) is 0. The summed E-state index contributed by atoms with van der Waals surface area (Å²) in [6.07, 6.45) is 2.14. The number of carbonyl (C=O) groups excluding carboxylic acids is 1. The summed E-state index contributed by atoms with van der Waals surface area (Å²) in [5.41, 5.74) is 1.82. The molecule has 0 aliphatic carbocycles. The number of hydrogen-bond acceptors (Lipinski definition) is 5. The molecule has 22 heavy (non-hydrogen) atoms. The minimum Gasteiger partial charge on any atom is -0.302 e. The molecule has 3 rings (SSSR count). The van der Waals surface area contributed by atoms with Gasteiger partial charge in [0.15, 0.2) is 5.13 Å². The number of carbonyl (C=O) groups is 1. The molecule has 1 amide bonds. The zero-order valence-electron chi connectivity index (χ0n) is 11.7. The maximum Gasteiger partial charge on any atom is 0.230 e. The van der Waals surface area contributed by atoms with Gasteiger partial charge in [-0.05, 0) is 24.6 Å².